The number of imidazole rings is 1. The van der Waals surface area contributed by atoms with Gasteiger partial charge < -0.3 is 40.7 Å². The quantitative estimate of drug-likeness (QED) is 0.0941. The molecule has 0 spiro atoms. The number of nitrogens with zero attached hydrogens (tertiary/aromatic N) is 3. The lowest BCUT2D eigenvalue weighted by atomic mass is 10.0. The fourth-order valence-corrected chi connectivity index (χ4v) is 8.42. The van der Waals surface area contributed by atoms with Crippen LogP contribution in [-0.2, 0) is 6.42 Å². The molecule has 5 aromatic rings. The molecule has 11 heteroatoms. The number of aliphatic hydroxyl groups excluding tert-OH is 1. The molecule has 5 heterocycles. The van der Waals surface area contributed by atoms with E-state index in [1.54, 1.807) is 0 Å². The lowest BCUT2D eigenvalue weighted by molar-refractivity contribution is 0.112. The summed E-state index contributed by atoms with van der Waals surface area (Å²) in [5, 5.41) is 22.3. The number of ether oxygens (including phenoxy) is 1. The lowest BCUT2D eigenvalue weighted by Crippen LogP contribution is -2.50. The zero-order chi connectivity index (χ0) is 39.3. The molecule has 0 radical (unpaired) electrons. The van der Waals surface area contributed by atoms with E-state index in [2.05, 4.69) is 124 Å². The second-order valence-corrected chi connectivity index (χ2v) is 15.8. The van der Waals surface area contributed by atoms with Crippen molar-refractivity contribution in [3.8, 4) is 28.3 Å². The third kappa shape index (κ3) is 8.44. The number of halogens is 1. The fourth-order valence-electron chi connectivity index (χ4n) is 8.11. The predicted molar refractivity (Wildman–Crippen MR) is 227 cm³/mol. The van der Waals surface area contributed by atoms with Gasteiger partial charge in [-0.15, -0.1) is 0 Å². The van der Waals surface area contributed by atoms with Gasteiger partial charge in [-0.25, -0.2) is 4.98 Å². The first-order valence-electron chi connectivity index (χ1n) is 19.6. The number of aromatic nitrogens is 3. The first-order valence-corrected chi connectivity index (χ1v) is 20.0. The molecule has 0 saturated carbocycles. The first kappa shape index (κ1) is 40.3. The van der Waals surface area contributed by atoms with Crippen LogP contribution in [0.1, 0.15) is 88.2 Å². The maximum absolute atomic E-state index is 7.22. The average Bonchev–Trinajstić information content (AvgIpc) is 4.01. The molecular weight excluding hydrogens is 708 g/mol. The van der Waals surface area contributed by atoms with Gasteiger partial charge >= 0.3 is 0 Å². The molecule has 3 aliphatic rings. The Morgan fingerprint density at radius 2 is 1.84 bits per heavy atom. The van der Waals surface area contributed by atoms with Gasteiger partial charge in [0.1, 0.15) is 11.6 Å². The first-order chi connectivity index (χ1) is 26.6. The monoisotopic (exact) mass is 766 g/mol. The highest BCUT2D eigenvalue weighted by molar-refractivity contribution is 6.34. The summed E-state index contributed by atoms with van der Waals surface area (Å²) in [6.07, 6.45) is 9.41. The summed E-state index contributed by atoms with van der Waals surface area (Å²) in [6, 6.07) is 22.2. The fraction of sp³-hybridized carbons (Fsp3) is 0.432. The van der Waals surface area contributed by atoms with E-state index in [0.29, 0.717) is 5.02 Å². The Labute approximate surface area is 331 Å². The molecule has 294 valence electrons. The largest absolute Gasteiger partial charge is 0.465 e. The molecule has 0 amide bonds. The molecule has 3 atom stereocenters. The van der Waals surface area contributed by atoms with Crippen LogP contribution in [-0.4, -0.2) is 77.6 Å². The van der Waals surface area contributed by atoms with Crippen LogP contribution < -0.4 is 26.0 Å². The third-order valence-electron chi connectivity index (χ3n) is 10.6. The summed E-state index contributed by atoms with van der Waals surface area (Å²) in [4.78, 5) is 10.8. The minimum atomic E-state index is -0.358. The van der Waals surface area contributed by atoms with Gasteiger partial charge in [-0.2, -0.15) is 0 Å². The van der Waals surface area contributed by atoms with Gasteiger partial charge in [0.15, 0.2) is 0 Å². The SMILES string of the molecule is CCc1cccc(C2Oc3cc(-c4cnc(C5CCCN5)[nH]4)cc(Cl)c3-c3cc4cc(/C(=C/NC)NC5CCCN5C(C)(C)C)ccc4n32)c1.CNC.CO. The van der Waals surface area contributed by atoms with Crippen molar-refractivity contribution in [1.82, 2.24) is 40.7 Å². The molecule has 2 aromatic heterocycles. The van der Waals surface area contributed by atoms with Gasteiger partial charge in [0.2, 0.25) is 6.23 Å². The van der Waals surface area contributed by atoms with Crippen molar-refractivity contribution >= 4 is 28.2 Å². The number of aryl methyl sites for hydroxylation is 1. The lowest BCUT2D eigenvalue weighted by Gasteiger charge is -2.38. The van der Waals surface area contributed by atoms with Gasteiger partial charge in [-0.05, 0) is 115 Å². The molecule has 3 aliphatic heterocycles. The van der Waals surface area contributed by atoms with Crippen LogP contribution in [0, 0.1) is 0 Å². The molecule has 0 aliphatic carbocycles. The number of hydrogen-bond donors (Lipinski definition) is 6. The molecule has 8 rings (SSSR count). The standard InChI is InChI=1S/C41H48ClN7O.C2H7N.CH4O/c1-6-25-10-7-11-27(18-25)40-49-34-15-14-26(32(23-43-5)46-37-13-9-17-48(37)41(2,3)4)19-29(34)21-35(49)38-30(42)20-28(22-36(38)50-40)33-24-45-39(47-33)31-12-8-16-44-31;1-3-2;1-2/h7,10-11,14-15,18-24,31,37,40,43-44,46H,6,8-9,12-13,16-17H2,1-5H3,(H,45,47);3H,1-2H3;2H,1H3/b32-23-;;. The Bertz CT molecular complexity index is 2090. The number of aliphatic hydroxyl groups is 1. The Hall–Kier alpha value is -4.32. The van der Waals surface area contributed by atoms with Crippen LogP contribution in [0.4, 0.5) is 0 Å². The molecule has 0 bridgehead atoms. The number of aromatic amines is 1. The van der Waals surface area contributed by atoms with E-state index in [4.69, 9.17) is 26.4 Å². The summed E-state index contributed by atoms with van der Waals surface area (Å²) in [7, 11) is 6.71. The molecule has 10 nitrogen and oxygen atoms in total. The van der Waals surface area contributed by atoms with E-state index >= 15 is 0 Å². The Balaban J connectivity index is 0.000000982. The van der Waals surface area contributed by atoms with E-state index in [0.717, 1.165) is 108 Å². The number of hydrogen-bond acceptors (Lipinski definition) is 8. The Morgan fingerprint density at radius 1 is 1.04 bits per heavy atom. The number of benzene rings is 3. The smallest absolute Gasteiger partial charge is 0.203 e. The third-order valence-corrected chi connectivity index (χ3v) is 10.9. The van der Waals surface area contributed by atoms with Crippen LogP contribution >= 0.6 is 11.6 Å². The molecule has 3 unspecified atom stereocenters. The van der Waals surface area contributed by atoms with Gasteiger partial charge in [-0.3, -0.25) is 4.90 Å². The highest BCUT2D eigenvalue weighted by Crippen LogP contribution is 2.49. The van der Waals surface area contributed by atoms with Crippen molar-refractivity contribution in [2.75, 3.05) is 41.3 Å². The summed E-state index contributed by atoms with van der Waals surface area (Å²) < 4.78 is 9.32. The van der Waals surface area contributed by atoms with Crippen molar-refractivity contribution in [2.24, 2.45) is 0 Å². The second kappa shape index (κ2) is 17.6. The molecule has 3 aromatic carbocycles. The second-order valence-electron chi connectivity index (χ2n) is 15.4. The molecule has 6 N–H and O–H groups in total. The zero-order valence-electron chi connectivity index (χ0n) is 33.7. The maximum atomic E-state index is 7.22. The number of likely N-dealkylation sites (tertiary alicyclic amines) is 1. The van der Waals surface area contributed by atoms with Gasteiger partial charge in [0.05, 0.1) is 51.6 Å². The summed E-state index contributed by atoms with van der Waals surface area (Å²) in [5.41, 5.74) is 9.64. The van der Waals surface area contributed by atoms with Crippen molar-refractivity contribution in [1.29, 1.82) is 0 Å². The van der Waals surface area contributed by atoms with Crippen molar-refractivity contribution in [3.63, 3.8) is 0 Å². The van der Waals surface area contributed by atoms with E-state index < -0.39 is 0 Å². The van der Waals surface area contributed by atoms with Crippen LogP contribution in [0.2, 0.25) is 5.02 Å². The summed E-state index contributed by atoms with van der Waals surface area (Å²) in [5.74, 6) is 1.74. The van der Waals surface area contributed by atoms with Crippen molar-refractivity contribution in [3.05, 3.63) is 101 Å². The van der Waals surface area contributed by atoms with Crippen LogP contribution in [0.15, 0.2) is 73.1 Å². The Morgan fingerprint density at radius 3 is 2.55 bits per heavy atom. The zero-order valence-corrected chi connectivity index (χ0v) is 34.4. The highest BCUT2D eigenvalue weighted by Gasteiger charge is 2.34. The molecular formula is C44H59ClN8O2. The van der Waals surface area contributed by atoms with Gasteiger partial charge in [-0.1, -0.05) is 48.9 Å². The van der Waals surface area contributed by atoms with Crippen molar-refractivity contribution in [2.45, 2.75) is 83.8 Å². The molecule has 2 fully saturated rings. The van der Waals surface area contributed by atoms with E-state index in [1.807, 2.05) is 33.4 Å². The normalized spacial score (nSPS) is 19.5. The highest BCUT2D eigenvalue weighted by atomic mass is 35.5. The number of rotatable bonds is 8. The number of fused-ring (bicyclic) bond motifs is 5. The topological polar surface area (TPSA) is 114 Å². The number of nitrogens with one attached hydrogen (secondary N) is 5. The summed E-state index contributed by atoms with van der Waals surface area (Å²) in [6.45, 7) is 11.2. The maximum Gasteiger partial charge on any atom is 0.203 e. The van der Waals surface area contributed by atoms with E-state index in [9.17, 15) is 0 Å². The van der Waals surface area contributed by atoms with Crippen molar-refractivity contribution < 1.29 is 9.84 Å². The van der Waals surface area contributed by atoms with Gasteiger partial charge in [0, 0.05) is 49.0 Å². The molecule has 2 saturated heterocycles. The molecule has 55 heavy (non-hydrogen) atoms. The van der Waals surface area contributed by atoms with Crippen LogP contribution in [0.5, 0.6) is 5.75 Å². The van der Waals surface area contributed by atoms with Gasteiger partial charge in [0.25, 0.3) is 0 Å². The summed E-state index contributed by atoms with van der Waals surface area (Å²) >= 11 is 7.22. The number of H-pyrrole nitrogens is 1. The van der Waals surface area contributed by atoms with E-state index in [-0.39, 0.29) is 24.0 Å². The predicted octanol–water partition coefficient (Wildman–Crippen LogP) is 8.05. The minimum absolute atomic E-state index is 0.0910. The average molecular weight is 767 g/mol. The van der Waals surface area contributed by atoms with E-state index in [1.165, 1.54) is 12.0 Å². The van der Waals surface area contributed by atoms with Crippen LogP contribution in [0.25, 0.3) is 39.1 Å². The Kier molecular flexibility index (Phi) is 12.9. The van der Waals surface area contributed by atoms with Crippen LogP contribution in [0.3, 0.4) is 0 Å². The minimum Gasteiger partial charge on any atom is -0.465 e.